The van der Waals surface area contributed by atoms with Gasteiger partial charge in [0, 0.05) is 0 Å². The molecule has 0 aliphatic carbocycles. The molecule has 102 valence electrons. The molecule has 18 heavy (non-hydrogen) atoms. The minimum Gasteiger partial charge on any atom is -0.398 e. The van der Waals surface area contributed by atoms with Gasteiger partial charge in [0.1, 0.15) is 5.73 Å². The van der Waals surface area contributed by atoms with Crippen molar-refractivity contribution in [1.82, 2.24) is 0 Å². The zero-order valence-corrected chi connectivity index (χ0v) is 12.1. The van der Waals surface area contributed by atoms with Crippen molar-refractivity contribution in [3.05, 3.63) is 24.5 Å². The normalized spacial score (nSPS) is 24.1. The molecular weight excluding hydrogens is 230 g/mol. The van der Waals surface area contributed by atoms with Crippen LogP contribution in [-0.2, 0) is 9.31 Å². The Bertz CT molecular complexity index is 321. The van der Waals surface area contributed by atoms with Gasteiger partial charge in [0.2, 0.25) is 0 Å². The maximum atomic E-state index is 14.1. The van der Waals surface area contributed by atoms with E-state index in [2.05, 4.69) is 6.58 Å². The molecule has 1 unspecified atom stereocenters. The predicted octanol–water partition coefficient (Wildman–Crippen LogP) is 4.07. The molecule has 0 N–H and O–H groups in total. The summed E-state index contributed by atoms with van der Waals surface area (Å²) in [5.74, 6) is 0.155. The van der Waals surface area contributed by atoms with Gasteiger partial charge in [-0.1, -0.05) is 19.1 Å². The van der Waals surface area contributed by atoms with Crippen LogP contribution in [0.25, 0.3) is 0 Å². The van der Waals surface area contributed by atoms with E-state index in [1.165, 1.54) is 0 Å². The second-order valence-electron chi connectivity index (χ2n) is 5.98. The number of rotatable bonds is 5. The van der Waals surface area contributed by atoms with Crippen LogP contribution in [-0.4, -0.2) is 18.3 Å². The van der Waals surface area contributed by atoms with E-state index in [9.17, 15) is 4.39 Å². The van der Waals surface area contributed by atoms with Crippen molar-refractivity contribution >= 4 is 7.12 Å². The fourth-order valence-electron chi connectivity index (χ4n) is 1.77. The zero-order chi connectivity index (χ0) is 14.0. The van der Waals surface area contributed by atoms with E-state index in [0.29, 0.717) is 0 Å². The molecule has 1 aliphatic heterocycles. The quantitative estimate of drug-likeness (QED) is 0.543. The summed E-state index contributed by atoms with van der Waals surface area (Å²) >= 11 is 0. The van der Waals surface area contributed by atoms with Crippen LogP contribution < -0.4 is 0 Å². The van der Waals surface area contributed by atoms with E-state index < -0.39 is 18.3 Å². The molecule has 0 aromatic heterocycles. The molecule has 2 nitrogen and oxygen atoms in total. The fraction of sp³-hybridized carbons (Fsp3) is 0.714. The molecule has 0 aromatic carbocycles. The van der Waals surface area contributed by atoms with Gasteiger partial charge in [-0.05, 0) is 46.5 Å². The first kappa shape index (κ1) is 15.5. The average molecular weight is 254 g/mol. The Morgan fingerprint density at radius 1 is 1.28 bits per heavy atom. The van der Waals surface area contributed by atoms with Gasteiger partial charge in [0.15, 0.2) is 0 Å². The molecule has 0 saturated carbocycles. The van der Waals surface area contributed by atoms with Crippen molar-refractivity contribution in [2.24, 2.45) is 5.92 Å². The van der Waals surface area contributed by atoms with Crippen molar-refractivity contribution < 1.29 is 13.7 Å². The van der Waals surface area contributed by atoms with Crippen LogP contribution in [0.5, 0.6) is 0 Å². The van der Waals surface area contributed by atoms with Gasteiger partial charge < -0.3 is 9.31 Å². The zero-order valence-electron chi connectivity index (χ0n) is 12.1. The summed E-state index contributed by atoms with van der Waals surface area (Å²) in [4.78, 5) is 0. The average Bonchev–Trinajstić information content (AvgIpc) is 2.45. The van der Waals surface area contributed by atoms with E-state index in [-0.39, 0.29) is 11.6 Å². The van der Waals surface area contributed by atoms with Crippen molar-refractivity contribution in [1.29, 1.82) is 0 Å². The van der Waals surface area contributed by atoms with Crippen LogP contribution in [0.4, 0.5) is 4.39 Å². The minimum absolute atomic E-state index is 0.155. The van der Waals surface area contributed by atoms with Crippen molar-refractivity contribution in [2.75, 3.05) is 0 Å². The molecule has 4 heteroatoms. The third-order valence-electron chi connectivity index (χ3n) is 3.75. The molecular formula is C14H24BFO2. The second-order valence-corrected chi connectivity index (χ2v) is 5.98. The van der Waals surface area contributed by atoms with Gasteiger partial charge in [-0.15, -0.1) is 6.58 Å². The molecule has 1 aliphatic rings. The highest BCUT2D eigenvalue weighted by molar-refractivity contribution is 6.53. The van der Waals surface area contributed by atoms with Crippen LogP contribution in [0.1, 0.15) is 47.5 Å². The van der Waals surface area contributed by atoms with E-state index in [4.69, 9.17) is 9.31 Å². The monoisotopic (exact) mass is 254 g/mol. The standard InChI is InChI=1S/C14H24BFO2/c1-7-8-9-11(2)10-12(16)15-17-13(3,4)14(5,6)18-15/h7,10-11H,1,8-9H2,2-6H3. The highest BCUT2D eigenvalue weighted by Gasteiger charge is 2.53. The Hall–Kier alpha value is -0.605. The lowest BCUT2D eigenvalue weighted by Crippen LogP contribution is -2.41. The number of hydrogen-bond donors (Lipinski definition) is 0. The van der Waals surface area contributed by atoms with Crippen LogP contribution in [0.15, 0.2) is 24.5 Å². The van der Waals surface area contributed by atoms with E-state index >= 15 is 0 Å². The van der Waals surface area contributed by atoms with E-state index in [1.807, 2.05) is 40.7 Å². The van der Waals surface area contributed by atoms with Gasteiger partial charge in [0.05, 0.1) is 11.2 Å². The molecule has 1 heterocycles. The highest BCUT2D eigenvalue weighted by Crippen LogP contribution is 2.38. The highest BCUT2D eigenvalue weighted by atomic mass is 19.1. The third kappa shape index (κ3) is 3.45. The van der Waals surface area contributed by atoms with Gasteiger partial charge >= 0.3 is 7.12 Å². The lowest BCUT2D eigenvalue weighted by Gasteiger charge is -2.32. The second kappa shape index (κ2) is 5.58. The number of halogens is 1. The molecule has 1 rings (SSSR count). The van der Waals surface area contributed by atoms with Crippen molar-refractivity contribution in [3.8, 4) is 0 Å². The lowest BCUT2D eigenvalue weighted by molar-refractivity contribution is 0.00578. The Balaban J connectivity index is 2.67. The summed E-state index contributed by atoms with van der Waals surface area (Å²) in [7, 11) is -0.874. The lowest BCUT2D eigenvalue weighted by atomic mass is 9.85. The molecule has 1 atom stereocenters. The summed E-state index contributed by atoms with van der Waals surface area (Å²) in [6.45, 7) is 13.3. The first-order valence-electron chi connectivity index (χ1n) is 6.53. The summed E-state index contributed by atoms with van der Waals surface area (Å²) in [5, 5.41) is 0. The fourth-order valence-corrected chi connectivity index (χ4v) is 1.77. The number of allylic oxidation sites excluding steroid dienone is 2. The minimum atomic E-state index is -0.874. The molecule has 1 saturated heterocycles. The third-order valence-corrected chi connectivity index (χ3v) is 3.75. The van der Waals surface area contributed by atoms with Gasteiger partial charge in [0.25, 0.3) is 0 Å². The molecule has 0 amide bonds. The molecule has 0 aromatic rings. The maximum absolute atomic E-state index is 14.1. The van der Waals surface area contributed by atoms with Gasteiger partial charge in [-0.25, -0.2) is 4.39 Å². The van der Waals surface area contributed by atoms with Gasteiger partial charge in [-0.3, -0.25) is 0 Å². The van der Waals surface area contributed by atoms with Crippen LogP contribution in [0.2, 0.25) is 0 Å². The van der Waals surface area contributed by atoms with Crippen LogP contribution in [0.3, 0.4) is 0 Å². The van der Waals surface area contributed by atoms with Crippen LogP contribution in [0, 0.1) is 5.92 Å². The van der Waals surface area contributed by atoms with Crippen molar-refractivity contribution in [2.45, 2.75) is 58.7 Å². The molecule has 0 radical (unpaired) electrons. The SMILES string of the molecule is C=CCCC(C)C=C(F)B1OC(C)(C)C(C)(C)O1. The first-order valence-corrected chi connectivity index (χ1v) is 6.53. The Morgan fingerprint density at radius 3 is 2.22 bits per heavy atom. The van der Waals surface area contributed by atoms with Crippen LogP contribution >= 0.6 is 0 Å². The summed E-state index contributed by atoms with van der Waals surface area (Å²) in [5.41, 5.74) is -1.31. The number of hydrogen-bond acceptors (Lipinski definition) is 2. The largest absolute Gasteiger partial charge is 0.524 e. The maximum Gasteiger partial charge on any atom is 0.524 e. The Labute approximate surface area is 110 Å². The van der Waals surface area contributed by atoms with Crippen molar-refractivity contribution in [3.63, 3.8) is 0 Å². The Kier molecular flexibility index (Phi) is 4.79. The molecule has 0 spiro atoms. The summed E-state index contributed by atoms with van der Waals surface area (Å²) < 4.78 is 25.3. The summed E-state index contributed by atoms with van der Waals surface area (Å²) in [6.07, 6.45) is 5.20. The molecule has 1 fully saturated rings. The Morgan fingerprint density at radius 2 is 1.78 bits per heavy atom. The summed E-state index contributed by atoms with van der Waals surface area (Å²) in [6, 6.07) is 0. The predicted molar refractivity (Wildman–Crippen MR) is 73.9 cm³/mol. The first-order chi connectivity index (χ1) is 8.19. The molecule has 0 bridgehead atoms. The van der Waals surface area contributed by atoms with E-state index in [0.717, 1.165) is 12.8 Å². The topological polar surface area (TPSA) is 18.5 Å². The smallest absolute Gasteiger partial charge is 0.398 e. The van der Waals surface area contributed by atoms with Gasteiger partial charge in [-0.2, -0.15) is 0 Å². The van der Waals surface area contributed by atoms with E-state index in [1.54, 1.807) is 6.08 Å².